The molecule has 0 aromatic rings. The molecular formula is C10H15NO3. The first-order valence-corrected chi connectivity index (χ1v) is 4.93. The lowest BCUT2D eigenvalue weighted by atomic mass is 9.82. The average molecular weight is 197 g/mol. The number of imide groups is 1. The lowest BCUT2D eigenvalue weighted by Gasteiger charge is -2.34. The highest BCUT2D eigenvalue weighted by atomic mass is 16.6. The second-order valence-electron chi connectivity index (χ2n) is 4.87. The molecule has 0 unspecified atom stereocenters. The summed E-state index contributed by atoms with van der Waals surface area (Å²) >= 11 is 0. The average Bonchev–Trinajstić information content (AvgIpc) is 2.77. The van der Waals surface area contributed by atoms with Crippen molar-refractivity contribution in [2.45, 2.75) is 32.8 Å². The van der Waals surface area contributed by atoms with Gasteiger partial charge in [-0.1, -0.05) is 13.8 Å². The molecule has 4 heteroatoms. The number of epoxide rings is 1. The highest BCUT2D eigenvalue weighted by molar-refractivity contribution is 5.98. The van der Waals surface area contributed by atoms with Gasteiger partial charge in [0.2, 0.25) is 11.8 Å². The molecule has 0 aromatic carbocycles. The Hall–Kier alpha value is -0.900. The summed E-state index contributed by atoms with van der Waals surface area (Å²) in [6, 6.07) is 0. The Kier molecular flexibility index (Phi) is 2.10. The Morgan fingerprint density at radius 3 is 2.29 bits per heavy atom. The molecule has 2 aliphatic heterocycles. The van der Waals surface area contributed by atoms with E-state index in [0.29, 0.717) is 26.0 Å². The highest BCUT2D eigenvalue weighted by Crippen LogP contribution is 2.32. The van der Waals surface area contributed by atoms with Crippen molar-refractivity contribution in [2.75, 3.05) is 13.2 Å². The van der Waals surface area contributed by atoms with Crippen LogP contribution in [0.15, 0.2) is 0 Å². The minimum absolute atomic E-state index is 0.0539. The number of likely N-dealkylation sites (tertiary alicyclic amines) is 1. The number of hydrogen-bond acceptors (Lipinski definition) is 3. The smallest absolute Gasteiger partial charge is 0.229 e. The predicted octanol–water partition coefficient (Wildman–Crippen LogP) is 0.560. The molecule has 0 spiro atoms. The van der Waals surface area contributed by atoms with Gasteiger partial charge in [0.25, 0.3) is 0 Å². The minimum Gasteiger partial charge on any atom is -0.371 e. The maximum atomic E-state index is 11.6. The van der Waals surface area contributed by atoms with Crippen molar-refractivity contribution in [1.29, 1.82) is 0 Å². The van der Waals surface area contributed by atoms with Gasteiger partial charge in [-0.15, -0.1) is 0 Å². The van der Waals surface area contributed by atoms with Gasteiger partial charge in [0.1, 0.15) is 0 Å². The lowest BCUT2D eigenvalue weighted by molar-refractivity contribution is -0.152. The number of amides is 2. The van der Waals surface area contributed by atoms with Crippen LogP contribution in [0.2, 0.25) is 0 Å². The summed E-state index contributed by atoms with van der Waals surface area (Å²) in [4.78, 5) is 24.6. The third-order valence-electron chi connectivity index (χ3n) is 2.65. The fourth-order valence-corrected chi connectivity index (χ4v) is 1.79. The van der Waals surface area contributed by atoms with Crippen LogP contribution in [-0.4, -0.2) is 36.0 Å². The van der Waals surface area contributed by atoms with Gasteiger partial charge < -0.3 is 4.74 Å². The van der Waals surface area contributed by atoms with Gasteiger partial charge in [-0.05, 0) is 5.41 Å². The van der Waals surface area contributed by atoms with Gasteiger partial charge in [-0.3, -0.25) is 14.5 Å². The number of hydrogen-bond donors (Lipinski definition) is 0. The fourth-order valence-electron chi connectivity index (χ4n) is 1.79. The summed E-state index contributed by atoms with van der Waals surface area (Å²) in [6.45, 7) is 5.04. The summed E-state index contributed by atoms with van der Waals surface area (Å²) in [5.74, 6) is -0.108. The van der Waals surface area contributed by atoms with Gasteiger partial charge in [-0.25, -0.2) is 0 Å². The van der Waals surface area contributed by atoms with Crippen molar-refractivity contribution < 1.29 is 14.3 Å². The van der Waals surface area contributed by atoms with Crippen molar-refractivity contribution in [3.8, 4) is 0 Å². The second kappa shape index (κ2) is 3.05. The zero-order chi connectivity index (χ0) is 10.3. The molecule has 0 aliphatic carbocycles. The molecule has 4 nitrogen and oxygen atoms in total. The Balaban J connectivity index is 2.03. The van der Waals surface area contributed by atoms with Crippen LogP contribution in [0.1, 0.15) is 26.7 Å². The maximum Gasteiger partial charge on any atom is 0.229 e. The van der Waals surface area contributed by atoms with Crippen LogP contribution in [0.25, 0.3) is 0 Å². The van der Waals surface area contributed by atoms with Crippen LogP contribution in [0, 0.1) is 5.41 Å². The Labute approximate surface area is 83.2 Å². The largest absolute Gasteiger partial charge is 0.371 e. The summed E-state index contributed by atoms with van der Waals surface area (Å²) in [5.41, 5.74) is -0.172. The number of rotatable bonds is 2. The quantitative estimate of drug-likeness (QED) is 0.480. The first kappa shape index (κ1) is 9.65. The van der Waals surface area contributed by atoms with Crippen LogP contribution in [0.5, 0.6) is 0 Å². The van der Waals surface area contributed by atoms with Crippen LogP contribution >= 0.6 is 0 Å². The maximum absolute atomic E-state index is 11.6. The monoisotopic (exact) mass is 197 g/mol. The third kappa shape index (κ3) is 1.95. The van der Waals surface area contributed by atoms with E-state index in [4.69, 9.17) is 4.74 Å². The Morgan fingerprint density at radius 1 is 1.36 bits per heavy atom. The van der Waals surface area contributed by atoms with Crippen LogP contribution in [0.4, 0.5) is 0 Å². The first-order chi connectivity index (χ1) is 6.48. The van der Waals surface area contributed by atoms with Gasteiger partial charge in [-0.2, -0.15) is 0 Å². The molecule has 14 heavy (non-hydrogen) atoms. The van der Waals surface area contributed by atoms with E-state index in [1.54, 1.807) is 0 Å². The van der Waals surface area contributed by atoms with Gasteiger partial charge >= 0.3 is 0 Å². The van der Waals surface area contributed by atoms with Crippen molar-refractivity contribution in [2.24, 2.45) is 5.41 Å². The summed E-state index contributed by atoms with van der Waals surface area (Å²) in [7, 11) is 0. The molecule has 78 valence electrons. The van der Waals surface area contributed by atoms with E-state index < -0.39 is 0 Å². The van der Waals surface area contributed by atoms with Crippen molar-refractivity contribution >= 4 is 11.8 Å². The number of carbonyl (C=O) groups is 2. The van der Waals surface area contributed by atoms with Crippen molar-refractivity contribution in [1.82, 2.24) is 4.90 Å². The van der Waals surface area contributed by atoms with E-state index in [9.17, 15) is 9.59 Å². The van der Waals surface area contributed by atoms with Gasteiger partial charge in [0.05, 0.1) is 19.3 Å². The standard InChI is InChI=1S/C10H15NO3/c1-10(2)3-8(12)11(9(13)4-10)5-7-6-14-7/h7H,3-6H2,1-2H3/t7-/m1/s1. The number of ether oxygens (including phenoxy) is 1. The van der Waals surface area contributed by atoms with E-state index in [-0.39, 0.29) is 23.3 Å². The van der Waals surface area contributed by atoms with E-state index in [1.807, 2.05) is 13.8 Å². The molecule has 2 saturated heterocycles. The minimum atomic E-state index is -0.172. The SMILES string of the molecule is CC1(C)CC(=O)N(C[C@@H]2CO2)C(=O)C1. The third-order valence-corrected chi connectivity index (χ3v) is 2.65. The van der Waals surface area contributed by atoms with E-state index in [0.717, 1.165) is 0 Å². The van der Waals surface area contributed by atoms with E-state index >= 15 is 0 Å². The summed E-state index contributed by atoms with van der Waals surface area (Å²) < 4.78 is 5.01. The zero-order valence-corrected chi connectivity index (χ0v) is 8.58. The second-order valence-corrected chi connectivity index (χ2v) is 4.87. The molecule has 0 saturated carbocycles. The number of carbonyl (C=O) groups excluding carboxylic acids is 2. The molecule has 2 heterocycles. The van der Waals surface area contributed by atoms with Crippen molar-refractivity contribution in [3.63, 3.8) is 0 Å². The lowest BCUT2D eigenvalue weighted by Crippen LogP contribution is -2.47. The molecular weight excluding hydrogens is 182 g/mol. The molecule has 2 aliphatic rings. The Bertz CT molecular complexity index is 261. The molecule has 2 rings (SSSR count). The topological polar surface area (TPSA) is 49.9 Å². The summed E-state index contributed by atoms with van der Waals surface area (Å²) in [6.07, 6.45) is 1.03. The molecule has 0 radical (unpaired) electrons. The van der Waals surface area contributed by atoms with Gasteiger partial charge in [0.15, 0.2) is 0 Å². The normalized spacial score (nSPS) is 30.7. The molecule has 1 atom stereocenters. The molecule has 2 fully saturated rings. The first-order valence-electron chi connectivity index (χ1n) is 4.93. The molecule has 0 aromatic heterocycles. The number of nitrogens with zero attached hydrogens (tertiary/aromatic N) is 1. The molecule has 0 N–H and O–H groups in total. The summed E-state index contributed by atoms with van der Waals surface area (Å²) in [5, 5.41) is 0. The number of piperidine rings is 1. The van der Waals surface area contributed by atoms with E-state index in [1.165, 1.54) is 4.90 Å². The fraction of sp³-hybridized carbons (Fsp3) is 0.800. The van der Waals surface area contributed by atoms with E-state index in [2.05, 4.69) is 0 Å². The zero-order valence-electron chi connectivity index (χ0n) is 8.58. The van der Waals surface area contributed by atoms with Crippen LogP contribution < -0.4 is 0 Å². The van der Waals surface area contributed by atoms with Crippen LogP contribution in [-0.2, 0) is 14.3 Å². The Morgan fingerprint density at radius 2 is 1.86 bits per heavy atom. The van der Waals surface area contributed by atoms with Crippen LogP contribution in [0.3, 0.4) is 0 Å². The highest BCUT2D eigenvalue weighted by Gasteiger charge is 2.40. The molecule has 2 amide bonds. The van der Waals surface area contributed by atoms with Gasteiger partial charge in [0, 0.05) is 12.8 Å². The van der Waals surface area contributed by atoms with Crippen molar-refractivity contribution in [3.05, 3.63) is 0 Å². The predicted molar refractivity (Wildman–Crippen MR) is 49.5 cm³/mol. The molecule has 0 bridgehead atoms.